The molecule has 0 aromatic carbocycles. The number of nitrogens with zero attached hydrogens (tertiary/aromatic N) is 1. The third-order valence-corrected chi connectivity index (χ3v) is 13.4. The number of allylic oxidation sites excluding steroid dienone is 2. The summed E-state index contributed by atoms with van der Waals surface area (Å²) < 4.78 is 11.9. The van der Waals surface area contributed by atoms with E-state index in [0.717, 1.165) is 37.8 Å². The van der Waals surface area contributed by atoms with Gasteiger partial charge in [0.15, 0.2) is 11.9 Å². The molecule has 2 spiro atoms. The molecule has 5 aliphatic carbocycles. The van der Waals surface area contributed by atoms with E-state index in [2.05, 4.69) is 50.0 Å². The summed E-state index contributed by atoms with van der Waals surface area (Å²) in [5.74, 6) is -1.52. The Kier molecular flexibility index (Phi) is 8.41. The molecule has 0 radical (unpaired) electrons. The number of hydrazone groups is 1. The number of nitrogens with one attached hydrogen (secondary N) is 1. The highest BCUT2D eigenvalue weighted by Crippen LogP contribution is 2.87. The van der Waals surface area contributed by atoms with Crippen molar-refractivity contribution in [3.05, 3.63) is 24.3 Å². The van der Waals surface area contributed by atoms with Gasteiger partial charge in [0.25, 0.3) is 0 Å². The maximum Gasteiger partial charge on any atom is 0.332 e. The first-order valence-electron chi connectivity index (χ1n) is 16.5. The molecule has 5 aliphatic rings. The molecule has 4 N–H and O–H groups in total. The molecular formula is C35H51N3O7. The predicted molar refractivity (Wildman–Crippen MR) is 168 cm³/mol. The number of esters is 2. The summed E-state index contributed by atoms with van der Waals surface area (Å²) in [7, 11) is 0. The second kappa shape index (κ2) is 11.4. The van der Waals surface area contributed by atoms with Crippen LogP contribution in [0.15, 0.2) is 29.4 Å². The lowest BCUT2D eigenvalue weighted by molar-refractivity contribution is -0.166. The molecule has 10 heteroatoms. The number of rotatable bonds is 9. The Morgan fingerprint density at radius 1 is 1.13 bits per heavy atom. The minimum Gasteiger partial charge on any atom is -0.462 e. The number of fused-ring (bicyclic) bond motifs is 2. The second-order valence-electron chi connectivity index (χ2n) is 15.3. The van der Waals surface area contributed by atoms with Crippen molar-refractivity contribution >= 4 is 29.5 Å². The van der Waals surface area contributed by atoms with Crippen LogP contribution >= 0.6 is 0 Å². The second-order valence-corrected chi connectivity index (χ2v) is 15.3. The fraction of sp³-hybridized carbons (Fsp3) is 0.743. The number of ketones is 1. The lowest BCUT2D eigenvalue weighted by Crippen LogP contribution is -2.56. The molecule has 0 aromatic heterocycles. The molecule has 248 valence electrons. The summed E-state index contributed by atoms with van der Waals surface area (Å²) in [6.07, 6.45) is 8.60. The molecule has 10 nitrogen and oxygen atoms in total. The van der Waals surface area contributed by atoms with Crippen molar-refractivity contribution < 1.29 is 33.8 Å². The molecule has 0 bridgehead atoms. The van der Waals surface area contributed by atoms with Crippen molar-refractivity contribution in [1.82, 2.24) is 5.43 Å². The molecule has 4 fully saturated rings. The standard InChI is InChI=1S/C35H51N3O7/c1-18(16-39)19(2)29(42)30(45-23(6)41)21(4)28-26(44-22(5)40)15-33(8)27-10-9-24-20(3)25(37-38-31(36)43)11-12-34(24)17-35(27,34)14-13-32(28,33)7/h11-12,18,20-21,24,26-28,30,39H,2,9-10,13-17H2,1,3-8H3,(H3,36,38,43)/b37-25+/t18-,20-,21-,24-,26-,27-,28-,30+,32+,33-,34+,35-/m0/s1. The van der Waals surface area contributed by atoms with E-state index in [1.54, 1.807) is 6.92 Å². The summed E-state index contributed by atoms with van der Waals surface area (Å²) >= 11 is 0. The summed E-state index contributed by atoms with van der Waals surface area (Å²) in [6.45, 7) is 16.9. The number of aliphatic hydroxyl groups is 1. The highest BCUT2D eigenvalue weighted by molar-refractivity contribution is 6.00. The van der Waals surface area contributed by atoms with Crippen molar-refractivity contribution in [2.45, 2.75) is 99.2 Å². The summed E-state index contributed by atoms with van der Waals surface area (Å²) in [4.78, 5) is 50.0. The quantitative estimate of drug-likeness (QED) is 0.190. The number of hydrogen-bond acceptors (Lipinski definition) is 8. The zero-order valence-electron chi connectivity index (χ0n) is 27.9. The lowest BCUT2D eigenvalue weighted by atomic mass is 9.43. The number of ether oxygens (including phenoxy) is 2. The fourth-order valence-corrected chi connectivity index (χ4v) is 11.2. The van der Waals surface area contributed by atoms with Gasteiger partial charge in [-0.1, -0.05) is 47.3 Å². The number of aliphatic hydroxyl groups excluding tert-OH is 1. The Morgan fingerprint density at radius 3 is 2.42 bits per heavy atom. The number of carbonyl (C=O) groups excluding carboxylic acids is 4. The van der Waals surface area contributed by atoms with E-state index in [0.29, 0.717) is 18.3 Å². The van der Waals surface area contributed by atoms with Crippen LogP contribution in [0.1, 0.15) is 87.0 Å². The van der Waals surface area contributed by atoms with Crippen LogP contribution in [-0.2, 0) is 23.9 Å². The molecule has 0 unspecified atom stereocenters. The average Bonchev–Trinajstić information content (AvgIpc) is 3.57. The summed E-state index contributed by atoms with van der Waals surface area (Å²) in [6, 6.07) is -0.674. The van der Waals surface area contributed by atoms with Crippen LogP contribution < -0.4 is 11.2 Å². The van der Waals surface area contributed by atoms with E-state index < -0.39 is 41.8 Å². The van der Waals surface area contributed by atoms with Crippen molar-refractivity contribution in [3.63, 3.8) is 0 Å². The van der Waals surface area contributed by atoms with Crippen LogP contribution in [0.5, 0.6) is 0 Å². The minimum absolute atomic E-state index is 0.0560. The van der Waals surface area contributed by atoms with Crippen molar-refractivity contribution in [3.8, 4) is 0 Å². The Morgan fingerprint density at radius 2 is 1.82 bits per heavy atom. The first-order valence-corrected chi connectivity index (χ1v) is 16.5. The first-order chi connectivity index (χ1) is 21.0. The molecule has 0 heterocycles. The molecule has 5 rings (SSSR count). The number of amides is 2. The van der Waals surface area contributed by atoms with E-state index in [-0.39, 0.29) is 51.6 Å². The van der Waals surface area contributed by atoms with Gasteiger partial charge in [-0.15, -0.1) is 0 Å². The van der Waals surface area contributed by atoms with Crippen LogP contribution in [-0.4, -0.2) is 53.4 Å². The smallest absolute Gasteiger partial charge is 0.332 e. The van der Waals surface area contributed by atoms with Crippen LogP contribution in [0.2, 0.25) is 0 Å². The Labute approximate surface area is 266 Å². The van der Waals surface area contributed by atoms with E-state index in [1.165, 1.54) is 13.8 Å². The van der Waals surface area contributed by atoms with Gasteiger partial charge in [0.2, 0.25) is 0 Å². The van der Waals surface area contributed by atoms with Gasteiger partial charge in [-0.3, -0.25) is 14.4 Å². The van der Waals surface area contributed by atoms with Crippen LogP contribution in [0.25, 0.3) is 0 Å². The molecule has 12 atom stereocenters. The third-order valence-electron chi connectivity index (χ3n) is 13.4. The maximum atomic E-state index is 13.8. The molecule has 0 aromatic rings. The van der Waals surface area contributed by atoms with Crippen molar-refractivity contribution in [2.24, 2.45) is 68.0 Å². The van der Waals surface area contributed by atoms with Gasteiger partial charge < -0.3 is 20.3 Å². The van der Waals surface area contributed by atoms with E-state index in [4.69, 9.17) is 15.2 Å². The lowest BCUT2D eigenvalue weighted by Gasteiger charge is -2.61. The molecule has 45 heavy (non-hydrogen) atoms. The monoisotopic (exact) mass is 625 g/mol. The fourth-order valence-electron chi connectivity index (χ4n) is 11.2. The van der Waals surface area contributed by atoms with Gasteiger partial charge in [-0.25, -0.2) is 10.2 Å². The average molecular weight is 626 g/mol. The molecule has 0 aliphatic heterocycles. The normalized spacial score (nSPS) is 42.1. The van der Waals surface area contributed by atoms with E-state index >= 15 is 0 Å². The molecule has 4 saturated carbocycles. The topological polar surface area (TPSA) is 157 Å². The van der Waals surface area contributed by atoms with Crippen LogP contribution in [0.3, 0.4) is 0 Å². The largest absolute Gasteiger partial charge is 0.462 e. The highest BCUT2D eigenvalue weighted by atomic mass is 16.6. The number of carbonyl (C=O) groups is 4. The predicted octanol–water partition coefficient (Wildman–Crippen LogP) is 4.70. The number of primary amides is 1. The van der Waals surface area contributed by atoms with E-state index in [9.17, 15) is 24.3 Å². The van der Waals surface area contributed by atoms with Gasteiger partial charge in [-0.05, 0) is 83.7 Å². The Bertz CT molecular complexity index is 1360. The molecular weight excluding hydrogens is 574 g/mol. The van der Waals surface area contributed by atoms with Crippen molar-refractivity contribution in [2.75, 3.05) is 6.61 Å². The van der Waals surface area contributed by atoms with Gasteiger partial charge in [0, 0.05) is 44.1 Å². The highest BCUT2D eigenvalue weighted by Gasteiger charge is 2.81. The Hall–Kier alpha value is -3.01. The van der Waals surface area contributed by atoms with Crippen LogP contribution in [0, 0.1) is 57.2 Å². The van der Waals surface area contributed by atoms with Gasteiger partial charge >= 0.3 is 18.0 Å². The number of urea groups is 1. The Balaban J connectivity index is 1.52. The van der Waals surface area contributed by atoms with Crippen molar-refractivity contribution in [1.29, 1.82) is 0 Å². The van der Waals surface area contributed by atoms with Crippen LogP contribution in [0.4, 0.5) is 4.79 Å². The number of Topliss-reactive ketones (excluding diaryl/α,β-unsaturated/α-hetero) is 1. The number of nitrogens with two attached hydrogens (primary N) is 1. The first kappa shape index (κ1) is 33.4. The zero-order valence-corrected chi connectivity index (χ0v) is 27.9. The number of hydrogen-bond donors (Lipinski definition) is 3. The van der Waals surface area contributed by atoms with Gasteiger partial charge in [0.1, 0.15) is 6.10 Å². The molecule has 0 saturated heterocycles. The molecule has 2 amide bonds. The van der Waals surface area contributed by atoms with Gasteiger partial charge in [-0.2, -0.15) is 5.10 Å². The van der Waals surface area contributed by atoms with Gasteiger partial charge in [0.05, 0.1) is 5.71 Å². The third kappa shape index (κ3) is 4.88. The summed E-state index contributed by atoms with van der Waals surface area (Å²) in [5, 5.41) is 14.0. The van der Waals surface area contributed by atoms with E-state index in [1.807, 2.05) is 6.92 Å². The SMILES string of the molecule is C=C(C(=O)[C@H](OC(C)=O)[C@@H](C)[C@H]1[C@@H](OC(C)=O)C[C@@]2(C)[C@@H]3CC[C@H]4[C@H](C)/C(=N/NC(N)=O)C=C[C@@]45C[C@@]35CC[C@]12C)[C@@H](C)CO. The minimum atomic E-state index is -1.10. The summed E-state index contributed by atoms with van der Waals surface area (Å²) in [5.41, 5.74) is 8.43. The zero-order chi connectivity index (χ0) is 33.3. The maximum absolute atomic E-state index is 13.8.